The Bertz CT molecular complexity index is 1030. The number of carbonyl (C=O) groups excluding carboxylic acids is 1. The summed E-state index contributed by atoms with van der Waals surface area (Å²) in [6.45, 7) is 4.88. The van der Waals surface area contributed by atoms with E-state index in [2.05, 4.69) is 16.3 Å². The fourth-order valence-corrected chi connectivity index (χ4v) is 3.68. The average Bonchev–Trinajstić information content (AvgIpc) is 2.84. The maximum atomic E-state index is 13.1. The smallest absolute Gasteiger partial charge is 0.255 e. The highest BCUT2D eigenvalue weighted by molar-refractivity contribution is 5.96. The summed E-state index contributed by atoms with van der Waals surface area (Å²) in [5.74, 6) is 0.0132. The number of benzene rings is 3. The molecule has 1 saturated heterocycles. The van der Waals surface area contributed by atoms with Gasteiger partial charge in [-0.05, 0) is 41.0 Å². The summed E-state index contributed by atoms with van der Waals surface area (Å²) >= 11 is 0. The van der Waals surface area contributed by atoms with E-state index in [1.54, 1.807) is 24.3 Å². The van der Waals surface area contributed by atoms with Crippen molar-refractivity contribution in [2.24, 2.45) is 0 Å². The van der Waals surface area contributed by atoms with E-state index in [0.29, 0.717) is 17.9 Å². The van der Waals surface area contributed by atoms with Crippen LogP contribution < -0.4 is 10.1 Å². The third-order valence-electron chi connectivity index (χ3n) is 5.49. The molecular formula is C26H27FN2O3. The van der Waals surface area contributed by atoms with Crippen LogP contribution in [-0.4, -0.2) is 37.1 Å². The van der Waals surface area contributed by atoms with Crippen LogP contribution in [0, 0.1) is 5.82 Å². The third kappa shape index (κ3) is 5.93. The molecule has 4 rings (SSSR count). The van der Waals surface area contributed by atoms with Gasteiger partial charge in [-0.25, -0.2) is 4.39 Å². The van der Waals surface area contributed by atoms with Crippen LogP contribution in [0.3, 0.4) is 0 Å². The summed E-state index contributed by atoms with van der Waals surface area (Å²) in [5, 5.41) is 3.03. The molecule has 5 nitrogen and oxygen atoms in total. The SMILES string of the molecule is O=C(NCc1ccccc1CN1CCOCC1)c1ccccc1OCc1ccc(F)cc1. The zero-order chi connectivity index (χ0) is 22.2. The van der Waals surface area contributed by atoms with Crippen molar-refractivity contribution in [3.8, 4) is 5.75 Å². The molecule has 1 aliphatic rings. The second-order valence-corrected chi connectivity index (χ2v) is 7.75. The van der Waals surface area contributed by atoms with Crippen molar-refractivity contribution in [1.82, 2.24) is 10.2 Å². The second kappa shape index (κ2) is 10.9. The summed E-state index contributed by atoms with van der Waals surface area (Å²) in [4.78, 5) is 15.3. The molecule has 1 fully saturated rings. The van der Waals surface area contributed by atoms with E-state index in [1.807, 2.05) is 30.3 Å². The van der Waals surface area contributed by atoms with Crippen molar-refractivity contribution in [2.75, 3.05) is 26.3 Å². The molecule has 1 aliphatic heterocycles. The minimum atomic E-state index is -0.289. The highest BCUT2D eigenvalue weighted by Gasteiger charge is 2.15. The van der Waals surface area contributed by atoms with Crippen LogP contribution in [0.5, 0.6) is 5.75 Å². The van der Waals surface area contributed by atoms with Crippen LogP contribution in [0.4, 0.5) is 4.39 Å². The number of para-hydroxylation sites is 1. The van der Waals surface area contributed by atoms with Gasteiger partial charge in [-0.1, -0.05) is 48.5 Å². The van der Waals surface area contributed by atoms with Crippen LogP contribution in [0.15, 0.2) is 72.8 Å². The van der Waals surface area contributed by atoms with E-state index in [0.717, 1.165) is 44.0 Å². The van der Waals surface area contributed by atoms with Crippen molar-refractivity contribution in [3.63, 3.8) is 0 Å². The minimum absolute atomic E-state index is 0.194. The Morgan fingerprint density at radius 3 is 2.41 bits per heavy atom. The molecular weight excluding hydrogens is 407 g/mol. The molecule has 0 aromatic heterocycles. The van der Waals surface area contributed by atoms with E-state index >= 15 is 0 Å². The van der Waals surface area contributed by atoms with Crippen LogP contribution in [0.2, 0.25) is 0 Å². The fraction of sp³-hybridized carbons (Fsp3) is 0.269. The number of ether oxygens (including phenoxy) is 2. The molecule has 3 aromatic rings. The number of amides is 1. The van der Waals surface area contributed by atoms with Gasteiger partial charge in [0, 0.05) is 26.2 Å². The van der Waals surface area contributed by atoms with Gasteiger partial charge in [0.2, 0.25) is 0 Å². The molecule has 1 heterocycles. The van der Waals surface area contributed by atoms with E-state index in [9.17, 15) is 9.18 Å². The monoisotopic (exact) mass is 434 g/mol. The highest BCUT2D eigenvalue weighted by Crippen LogP contribution is 2.20. The van der Waals surface area contributed by atoms with Gasteiger partial charge < -0.3 is 14.8 Å². The lowest BCUT2D eigenvalue weighted by atomic mass is 10.1. The minimum Gasteiger partial charge on any atom is -0.488 e. The van der Waals surface area contributed by atoms with Gasteiger partial charge >= 0.3 is 0 Å². The Labute approximate surface area is 187 Å². The fourth-order valence-electron chi connectivity index (χ4n) is 3.68. The molecule has 1 amide bonds. The third-order valence-corrected chi connectivity index (χ3v) is 5.49. The Morgan fingerprint density at radius 1 is 0.938 bits per heavy atom. The number of hydrogen-bond donors (Lipinski definition) is 1. The Balaban J connectivity index is 1.39. The quantitative estimate of drug-likeness (QED) is 0.578. The average molecular weight is 435 g/mol. The normalized spacial score (nSPS) is 14.2. The molecule has 0 spiro atoms. The first kappa shape index (κ1) is 22.0. The molecule has 0 atom stereocenters. The lowest BCUT2D eigenvalue weighted by Gasteiger charge is -2.27. The molecule has 32 heavy (non-hydrogen) atoms. The lowest BCUT2D eigenvalue weighted by Crippen LogP contribution is -2.36. The predicted molar refractivity (Wildman–Crippen MR) is 121 cm³/mol. The summed E-state index contributed by atoms with van der Waals surface area (Å²) < 4.78 is 24.4. The van der Waals surface area contributed by atoms with E-state index in [1.165, 1.54) is 17.7 Å². The van der Waals surface area contributed by atoms with Crippen LogP contribution in [-0.2, 0) is 24.4 Å². The summed E-state index contributed by atoms with van der Waals surface area (Å²) in [6, 6.07) is 21.5. The van der Waals surface area contributed by atoms with Gasteiger partial charge in [-0.15, -0.1) is 0 Å². The van der Waals surface area contributed by atoms with Gasteiger partial charge in [0.15, 0.2) is 0 Å². The van der Waals surface area contributed by atoms with Crippen molar-refractivity contribution in [2.45, 2.75) is 19.7 Å². The van der Waals surface area contributed by atoms with Gasteiger partial charge in [-0.3, -0.25) is 9.69 Å². The topological polar surface area (TPSA) is 50.8 Å². The summed E-state index contributed by atoms with van der Waals surface area (Å²) in [6.07, 6.45) is 0. The maximum Gasteiger partial charge on any atom is 0.255 e. The van der Waals surface area contributed by atoms with Crippen molar-refractivity contribution >= 4 is 5.91 Å². The van der Waals surface area contributed by atoms with Gasteiger partial charge in [-0.2, -0.15) is 0 Å². The molecule has 3 aromatic carbocycles. The van der Waals surface area contributed by atoms with Crippen LogP contribution in [0.1, 0.15) is 27.0 Å². The van der Waals surface area contributed by atoms with Crippen molar-refractivity contribution in [1.29, 1.82) is 0 Å². The molecule has 166 valence electrons. The number of hydrogen-bond acceptors (Lipinski definition) is 4. The molecule has 0 aliphatic carbocycles. The van der Waals surface area contributed by atoms with E-state index < -0.39 is 0 Å². The predicted octanol–water partition coefficient (Wildman–Crippen LogP) is 4.17. The largest absolute Gasteiger partial charge is 0.488 e. The first-order valence-corrected chi connectivity index (χ1v) is 10.8. The Morgan fingerprint density at radius 2 is 1.62 bits per heavy atom. The van der Waals surface area contributed by atoms with Crippen molar-refractivity contribution < 1.29 is 18.7 Å². The summed E-state index contributed by atoms with van der Waals surface area (Å²) in [7, 11) is 0. The van der Waals surface area contributed by atoms with Crippen molar-refractivity contribution in [3.05, 3.63) is 101 Å². The van der Waals surface area contributed by atoms with Gasteiger partial charge in [0.05, 0.1) is 18.8 Å². The maximum absolute atomic E-state index is 13.1. The number of carbonyl (C=O) groups is 1. The Hall–Kier alpha value is -3.22. The van der Waals surface area contributed by atoms with E-state index in [4.69, 9.17) is 9.47 Å². The first-order valence-electron chi connectivity index (χ1n) is 10.8. The molecule has 0 unspecified atom stereocenters. The highest BCUT2D eigenvalue weighted by atomic mass is 19.1. The molecule has 6 heteroatoms. The first-order chi connectivity index (χ1) is 15.7. The number of nitrogens with zero attached hydrogens (tertiary/aromatic N) is 1. The zero-order valence-corrected chi connectivity index (χ0v) is 17.9. The lowest BCUT2D eigenvalue weighted by molar-refractivity contribution is 0.0340. The second-order valence-electron chi connectivity index (χ2n) is 7.75. The van der Waals surface area contributed by atoms with Gasteiger partial charge in [0.1, 0.15) is 18.2 Å². The summed E-state index contributed by atoms with van der Waals surface area (Å²) in [5.41, 5.74) is 3.60. The van der Waals surface area contributed by atoms with Gasteiger partial charge in [0.25, 0.3) is 5.91 Å². The Kier molecular flexibility index (Phi) is 7.48. The van der Waals surface area contributed by atoms with Crippen LogP contribution in [0.25, 0.3) is 0 Å². The number of rotatable bonds is 8. The standard InChI is InChI=1S/C26H27FN2O3/c27-23-11-9-20(10-12-23)19-32-25-8-4-3-7-24(25)26(30)28-17-21-5-1-2-6-22(21)18-29-13-15-31-16-14-29/h1-12H,13-19H2,(H,28,30). The number of morpholine rings is 1. The molecule has 0 bridgehead atoms. The molecule has 1 N–H and O–H groups in total. The van der Waals surface area contributed by atoms with E-state index in [-0.39, 0.29) is 18.3 Å². The molecule has 0 radical (unpaired) electrons. The molecule has 0 saturated carbocycles. The number of halogens is 1. The van der Waals surface area contributed by atoms with Crippen LogP contribution >= 0.6 is 0 Å². The zero-order valence-electron chi connectivity index (χ0n) is 17.9. The number of nitrogens with one attached hydrogen (secondary N) is 1.